The van der Waals surface area contributed by atoms with Crippen LogP contribution in [0.15, 0.2) is 0 Å². The van der Waals surface area contributed by atoms with Crippen LogP contribution in [0.25, 0.3) is 0 Å². The molecule has 14 heavy (non-hydrogen) atoms. The van der Waals surface area contributed by atoms with Crippen molar-refractivity contribution >= 4 is 12.0 Å². The molecular weight excluding hydrogens is 184 g/mol. The summed E-state index contributed by atoms with van der Waals surface area (Å²) in [6, 6.07) is 0. The summed E-state index contributed by atoms with van der Waals surface area (Å²) in [5.41, 5.74) is 4.65. The molecule has 0 aromatic heterocycles. The Morgan fingerprint density at radius 3 is 1.93 bits per heavy atom. The van der Waals surface area contributed by atoms with Crippen molar-refractivity contribution in [3.05, 3.63) is 0 Å². The summed E-state index contributed by atoms with van der Waals surface area (Å²) >= 11 is 0. The fourth-order valence-corrected chi connectivity index (χ4v) is 1.09. The maximum absolute atomic E-state index is 10.3. The lowest BCUT2D eigenvalue weighted by Crippen LogP contribution is -2.34. The maximum atomic E-state index is 10.3. The van der Waals surface area contributed by atoms with Crippen LogP contribution in [0.3, 0.4) is 0 Å². The smallest absolute Gasteiger partial charge is 0.407 e. The van der Waals surface area contributed by atoms with Crippen molar-refractivity contribution in [1.82, 2.24) is 4.90 Å². The molecule has 1 heterocycles. The second-order valence-electron chi connectivity index (χ2n) is 3.15. The average Bonchev–Trinajstić information content (AvgIpc) is 2.20. The van der Waals surface area contributed by atoms with E-state index in [0.717, 1.165) is 25.9 Å². The molecule has 0 atom stereocenters. The summed E-state index contributed by atoms with van der Waals surface area (Å²) in [5.74, 6) is -0.245. The summed E-state index contributed by atoms with van der Waals surface area (Å²) in [6.07, 6.45) is 2.93. The molecule has 0 saturated carbocycles. The normalized spacial score (nSPS) is 15.4. The Balaban J connectivity index is 0.000000292. The Hall–Kier alpha value is -1.26. The predicted molar refractivity (Wildman–Crippen MR) is 52.9 cm³/mol. The van der Waals surface area contributed by atoms with Crippen molar-refractivity contribution in [3.63, 3.8) is 0 Å². The zero-order chi connectivity index (χ0) is 11.0. The van der Waals surface area contributed by atoms with Gasteiger partial charge in [0.1, 0.15) is 0 Å². The summed E-state index contributed by atoms with van der Waals surface area (Å²) in [4.78, 5) is 21.3. The van der Waals surface area contributed by atoms with Crippen LogP contribution in [0.4, 0.5) is 4.79 Å². The number of rotatable bonds is 1. The van der Waals surface area contributed by atoms with Gasteiger partial charge in [-0.05, 0) is 19.3 Å². The van der Waals surface area contributed by atoms with Gasteiger partial charge in [-0.3, -0.25) is 4.79 Å². The van der Waals surface area contributed by atoms with E-state index in [1.807, 2.05) is 0 Å². The van der Waals surface area contributed by atoms with Crippen LogP contribution in [-0.4, -0.2) is 35.1 Å². The Bertz CT molecular complexity index is 188. The molecule has 1 aliphatic rings. The Kier molecular flexibility index (Phi) is 6.53. The number of amides is 2. The molecule has 0 unspecified atom stereocenters. The van der Waals surface area contributed by atoms with Gasteiger partial charge in [0.05, 0.1) is 0 Å². The number of nitrogens with two attached hydrogens (primary N) is 1. The Morgan fingerprint density at radius 2 is 1.71 bits per heavy atom. The number of nitrogens with zero attached hydrogens (tertiary/aromatic N) is 1. The van der Waals surface area contributed by atoms with Crippen molar-refractivity contribution in [2.75, 3.05) is 13.1 Å². The van der Waals surface area contributed by atoms with Crippen LogP contribution in [0.2, 0.25) is 0 Å². The van der Waals surface area contributed by atoms with Gasteiger partial charge in [0.2, 0.25) is 5.91 Å². The molecule has 0 aromatic carbocycles. The van der Waals surface area contributed by atoms with Gasteiger partial charge in [0.25, 0.3) is 0 Å². The van der Waals surface area contributed by atoms with E-state index in [4.69, 9.17) is 5.11 Å². The zero-order valence-corrected chi connectivity index (χ0v) is 8.53. The third kappa shape index (κ3) is 6.28. The van der Waals surface area contributed by atoms with E-state index in [1.54, 1.807) is 6.92 Å². The summed E-state index contributed by atoms with van der Waals surface area (Å²) in [6.45, 7) is 3.19. The van der Waals surface area contributed by atoms with Crippen molar-refractivity contribution in [1.29, 1.82) is 0 Å². The molecule has 82 valence electrons. The molecule has 0 radical (unpaired) electrons. The lowest BCUT2D eigenvalue weighted by atomic mass is 10.1. The molecule has 0 aromatic rings. The highest BCUT2D eigenvalue weighted by Crippen LogP contribution is 2.07. The number of primary amides is 1. The van der Waals surface area contributed by atoms with E-state index in [2.05, 4.69) is 5.73 Å². The van der Waals surface area contributed by atoms with Crippen molar-refractivity contribution in [3.8, 4) is 0 Å². The average molecular weight is 202 g/mol. The molecule has 0 aliphatic carbocycles. The van der Waals surface area contributed by atoms with E-state index < -0.39 is 6.09 Å². The molecule has 5 nitrogen and oxygen atoms in total. The minimum absolute atomic E-state index is 0.245. The van der Waals surface area contributed by atoms with Crippen LogP contribution in [0.5, 0.6) is 0 Å². The second kappa shape index (κ2) is 7.17. The quantitative estimate of drug-likeness (QED) is 0.666. The molecule has 3 N–H and O–H groups in total. The van der Waals surface area contributed by atoms with Crippen molar-refractivity contribution < 1.29 is 14.7 Å². The number of carbonyl (C=O) groups excluding carboxylic acids is 1. The molecule has 1 rings (SSSR count). The van der Waals surface area contributed by atoms with Crippen LogP contribution in [0, 0.1) is 0 Å². The number of likely N-dealkylation sites (tertiary alicyclic amines) is 1. The van der Waals surface area contributed by atoms with Gasteiger partial charge < -0.3 is 15.7 Å². The predicted octanol–water partition coefficient (Wildman–Crippen LogP) is 1.03. The van der Waals surface area contributed by atoms with E-state index in [1.165, 1.54) is 11.3 Å². The van der Waals surface area contributed by atoms with E-state index in [0.29, 0.717) is 6.42 Å². The molecular formula is C9H18N2O3. The summed E-state index contributed by atoms with van der Waals surface area (Å²) in [5, 5.41) is 8.46. The van der Waals surface area contributed by atoms with Gasteiger partial charge in [0, 0.05) is 19.5 Å². The van der Waals surface area contributed by atoms with Crippen molar-refractivity contribution in [2.24, 2.45) is 5.73 Å². The van der Waals surface area contributed by atoms with E-state index in [-0.39, 0.29) is 5.91 Å². The molecule has 0 bridgehead atoms. The fourth-order valence-electron chi connectivity index (χ4n) is 1.09. The largest absolute Gasteiger partial charge is 0.465 e. The standard InChI is InChI=1S/C6H11NO2.C3H7NO/c8-6(9)7-4-2-1-3-5-7;1-2-3(4)5/h1-5H2,(H,8,9);2H2,1H3,(H2,4,5). The van der Waals surface area contributed by atoms with Gasteiger partial charge in [-0.25, -0.2) is 4.79 Å². The minimum atomic E-state index is -0.769. The molecule has 0 spiro atoms. The third-order valence-corrected chi connectivity index (χ3v) is 1.98. The highest BCUT2D eigenvalue weighted by atomic mass is 16.4. The topological polar surface area (TPSA) is 83.6 Å². The first-order valence-corrected chi connectivity index (χ1v) is 4.84. The second-order valence-corrected chi connectivity index (χ2v) is 3.15. The highest BCUT2D eigenvalue weighted by molar-refractivity contribution is 5.73. The molecule has 1 fully saturated rings. The zero-order valence-electron chi connectivity index (χ0n) is 8.53. The lowest BCUT2D eigenvalue weighted by Gasteiger charge is -2.22. The van der Waals surface area contributed by atoms with Crippen LogP contribution >= 0.6 is 0 Å². The Labute approximate surface area is 83.9 Å². The van der Waals surface area contributed by atoms with Gasteiger partial charge in [-0.1, -0.05) is 6.92 Å². The van der Waals surface area contributed by atoms with Crippen LogP contribution < -0.4 is 5.73 Å². The van der Waals surface area contributed by atoms with Gasteiger partial charge in [-0.15, -0.1) is 0 Å². The number of hydrogen-bond donors (Lipinski definition) is 2. The Morgan fingerprint density at radius 1 is 1.29 bits per heavy atom. The maximum Gasteiger partial charge on any atom is 0.407 e. The van der Waals surface area contributed by atoms with Gasteiger partial charge in [-0.2, -0.15) is 0 Å². The monoisotopic (exact) mass is 202 g/mol. The van der Waals surface area contributed by atoms with Gasteiger partial charge >= 0.3 is 6.09 Å². The summed E-state index contributed by atoms with van der Waals surface area (Å²) in [7, 11) is 0. The fraction of sp³-hybridized carbons (Fsp3) is 0.778. The first-order valence-electron chi connectivity index (χ1n) is 4.84. The van der Waals surface area contributed by atoms with Gasteiger partial charge in [0.15, 0.2) is 0 Å². The molecule has 1 aliphatic heterocycles. The minimum Gasteiger partial charge on any atom is -0.465 e. The van der Waals surface area contributed by atoms with Crippen LogP contribution in [-0.2, 0) is 4.79 Å². The first kappa shape index (κ1) is 12.7. The molecule has 5 heteroatoms. The third-order valence-electron chi connectivity index (χ3n) is 1.98. The number of piperidine rings is 1. The van der Waals surface area contributed by atoms with E-state index >= 15 is 0 Å². The number of hydrogen-bond acceptors (Lipinski definition) is 2. The lowest BCUT2D eigenvalue weighted by molar-refractivity contribution is -0.117. The van der Waals surface area contributed by atoms with Crippen LogP contribution in [0.1, 0.15) is 32.6 Å². The highest BCUT2D eigenvalue weighted by Gasteiger charge is 2.13. The molecule has 2 amide bonds. The van der Waals surface area contributed by atoms with Crippen molar-refractivity contribution in [2.45, 2.75) is 32.6 Å². The first-order chi connectivity index (χ1) is 6.57. The SMILES string of the molecule is CCC(N)=O.O=C(O)N1CCCCC1. The van der Waals surface area contributed by atoms with E-state index in [9.17, 15) is 9.59 Å². The number of carbonyl (C=O) groups is 2. The summed E-state index contributed by atoms with van der Waals surface area (Å²) < 4.78 is 0. The molecule has 1 saturated heterocycles. The number of carboxylic acid groups (broad SMARTS) is 1.